The summed E-state index contributed by atoms with van der Waals surface area (Å²) in [6.07, 6.45) is 59.5. The van der Waals surface area contributed by atoms with Gasteiger partial charge < -0.3 is 48.0 Å². The van der Waals surface area contributed by atoms with Crippen LogP contribution in [0.25, 0.3) is 0 Å². The summed E-state index contributed by atoms with van der Waals surface area (Å²) in [5.41, 5.74) is 2.60. The molecule has 572 valence electrons. The summed E-state index contributed by atoms with van der Waals surface area (Å²) < 4.78 is 37.1. The second-order valence-electron chi connectivity index (χ2n) is 32.7. The number of ether oxygens (including phenoxy) is 3. The van der Waals surface area contributed by atoms with Crippen molar-refractivity contribution >= 4 is 25.7 Å². The Bertz CT molecular complexity index is 2050. The van der Waals surface area contributed by atoms with Crippen molar-refractivity contribution in [3.8, 4) is 0 Å². The number of hydrogen-bond acceptors (Lipinski definition) is 13. The molecular weight excluding hydrogens is 1240 g/mol. The third-order valence-electron chi connectivity index (χ3n) is 22.5. The summed E-state index contributed by atoms with van der Waals surface area (Å²) in [4.78, 5) is 47.4. The van der Waals surface area contributed by atoms with Crippen LogP contribution in [-0.2, 0) is 42.2 Å². The first-order valence-electron chi connectivity index (χ1n) is 41.0. The number of fused-ring (bicyclic) bond motifs is 5. The van der Waals surface area contributed by atoms with Gasteiger partial charge >= 0.3 is 17.9 Å². The molecular formula is C82H156NO13P. The Morgan fingerprint density at radius 3 is 1.45 bits per heavy atom. The minimum absolute atomic E-state index is 0.00547. The number of nitrogens with zero attached hydrogens (tertiary/aromatic N) is 1. The molecule has 14 nitrogen and oxygen atoms in total. The number of likely N-dealkylation sites (N-methyl/N-ethyl adjacent to an activating group) is 1. The van der Waals surface area contributed by atoms with Crippen LogP contribution in [0.5, 0.6) is 0 Å². The summed E-state index contributed by atoms with van der Waals surface area (Å²) >= 11 is 0. The van der Waals surface area contributed by atoms with Crippen LogP contribution in [0.4, 0.5) is 0 Å². The molecule has 0 aromatic heterocycles. The molecule has 3 N–H and O–H groups in total. The SMILES string of the molecule is CC(C)CCC[C@@H](C)[C@H]1CC[C@H]2[C@@H]3CC=C4C[C@@H](O)CC[C@]4(C)[C@H]3CC[C@]12C.CCCCCCCCCCCCCC(=O)OC[C@H](CO)OC(=O)CCCCCCCCCCCCC.CCCCCCCCCCCCCCCC(=O)OC[C@@H](O)COP(=O)([O-])OCC[N+](C)(C)C. The maximum Gasteiger partial charge on any atom is 0.306 e. The van der Waals surface area contributed by atoms with Crippen LogP contribution < -0.4 is 4.89 Å². The molecule has 4 rings (SSSR count). The Balaban J connectivity index is 0.000000498. The molecule has 0 bridgehead atoms. The number of phosphoric ester groups is 1. The number of carbonyl (C=O) groups excluding carboxylic acids is 3. The van der Waals surface area contributed by atoms with Crippen molar-refractivity contribution in [1.29, 1.82) is 0 Å². The van der Waals surface area contributed by atoms with E-state index in [9.17, 15) is 39.2 Å². The lowest BCUT2D eigenvalue weighted by molar-refractivity contribution is -0.870. The highest BCUT2D eigenvalue weighted by molar-refractivity contribution is 7.45. The van der Waals surface area contributed by atoms with E-state index >= 15 is 0 Å². The van der Waals surface area contributed by atoms with Crippen molar-refractivity contribution in [3.05, 3.63) is 11.6 Å². The van der Waals surface area contributed by atoms with Gasteiger partial charge in [0.25, 0.3) is 7.82 Å². The standard InChI is InChI=1S/C31H60O5.C27H46O.C24H50NO7P/c1-3-5-7-9-11-13-15-17-19-21-23-25-30(33)35-28-29(27-32)36-31(34)26-24-22-20-18-16-14-12-10-8-6-4-2;1-18(2)7-6-8-19(3)23-11-12-24-22-10-9-20-17-21(28)13-15-26(20,4)25(22)14-16-27(23,24)5;1-5-6-7-8-9-10-11-12-13-14-15-16-17-18-24(27)30-21-23(26)22-32-33(28,29)31-20-19-25(2,3)4/h29,32H,3-28H2,1-2H3;9,18-19,21-25,28H,6-8,10-17H2,1-5H3;23,26H,5-22H2,1-4H3/t29-;19-,21+,22+,23-,24+,25+,26+,27-;23-/m011/s1. The van der Waals surface area contributed by atoms with Gasteiger partial charge in [-0.1, -0.05) is 292 Å². The molecule has 3 fully saturated rings. The van der Waals surface area contributed by atoms with E-state index in [4.69, 9.17) is 18.7 Å². The molecule has 15 heteroatoms. The van der Waals surface area contributed by atoms with Gasteiger partial charge in [0.1, 0.15) is 32.5 Å². The zero-order valence-electron chi connectivity index (χ0n) is 65.0. The van der Waals surface area contributed by atoms with Gasteiger partial charge in [-0.05, 0) is 117 Å². The van der Waals surface area contributed by atoms with Crippen LogP contribution in [0.15, 0.2) is 11.6 Å². The normalized spacial score (nSPS) is 22.9. The quantitative estimate of drug-likeness (QED) is 0.0130. The van der Waals surface area contributed by atoms with Crippen LogP contribution in [-0.4, -0.2) is 117 Å². The molecule has 4 aliphatic carbocycles. The molecule has 0 aliphatic heterocycles. The van der Waals surface area contributed by atoms with Crippen LogP contribution in [0, 0.1) is 46.3 Å². The molecule has 0 saturated heterocycles. The summed E-state index contributed by atoms with van der Waals surface area (Å²) in [7, 11) is 1.25. The third kappa shape index (κ3) is 42.5. The number of aliphatic hydroxyl groups is 3. The Labute approximate surface area is 596 Å². The van der Waals surface area contributed by atoms with E-state index in [1.165, 1.54) is 225 Å². The zero-order valence-corrected chi connectivity index (χ0v) is 65.9. The number of unbranched alkanes of at least 4 members (excludes halogenated alkanes) is 32. The van der Waals surface area contributed by atoms with Gasteiger partial charge in [0.15, 0.2) is 6.10 Å². The Morgan fingerprint density at radius 2 is 1.01 bits per heavy atom. The highest BCUT2D eigenvalue weighted by Crippen LogP contribution is 2.67. The average molecular weight is 1400 g/mol. The lowest BCUT2D eigenvalue weighted by Gasteiger charge is -2.58. The van der Waals surface area contributed by atoms with Crippen molar-refractivity contribution in [2.45, 2.75) is 388 Å². The van der Waals surface area contributed by atoms with Gasteiger partial charge in [-0.15, -0.1) is 0 Å². The molecule has 0 aromatic carbocycles. The monoisotopic (exact) mass is 1390 g/mol. The molecule has 3 saturated carbocycles. The highest BCUT2D eigenvalue weighted by atomic mass is 31.2. The van der Waals surface area contributed by atoms with Crippen LogP contribution >= 0.6 is 7.82 Å². The average Bonchev–Trinajstić information content (AvgIpc) is 1.70. The second kappa shape index (κ2) is 54.7. The van der Waals surface area contributed by atoms with E-state index in [0.29, 0.717) is 41.1 Å². The Hall–Kier alpha value is -1.90. The summed E-state index contributed by atoms with van der Waals surface area (Å²) in [5, 5.41) is 29.4. The molecule has 0 aromatic rings. The summed E-state index contributed by atoms with van der Waals surface area (Å²) in [6, 6.07) is 0. The smallest absolute Gasteiger partial charge is 0.306 e. The fourth-order valence-corrected chi connectivity index (χ4v) is 17.1. The minimum atomic E-state index is -4.48. The van der Waals surface area contributed by atoms with Gasteiger partial charge in [0.2, 0.25) is 0 Å². The number of quaternary nitrogens is 1. The van der Waals surface area contributed by atoms with Gasteiger partial charge in [0, 0.05) is 19.3 Å². The van der Waals surface area contributed by atoms with Crippen LogP contribution in [0.2, 0.25) is 0 Å². The van der Waals surface area contributed by atoms with Crippen molar-refractivity contribution in [2.24, 2.45) is 46.3 Å². The molecule has 97 heavy (non-hydrogen) atoms. The second-order valence-corrected chi connectivity index (χ2v) is 34.1. The summed E-state index contributed by atoms with van der Waals surface area (Å²) in [6.45, 7) is 18.6. The number of aliphatic hydroxyl groups excluding tert-OH is 3. The van der Waals surface area contributed by atoms with E-state index in [1.807, 2.05) is 21.1 Å². The van der Waals surface area contributed by atoms with E-state index in [2.05, 4.69) is 66.0 Å². The zero-order chi connectivity index (χ0) is 71.6. The number of hydrogen-bond donors (Lipinski definition) is 3. The molecule has 0 spiro atoms. The molecule has 0 amide bonds. The van der Waals surface area contributed by atoms with E-state index in [-0.39, 0.29) is 50.4 Å². The Morgan fingerprint density at radius 1 is 0.567 bits per heavy atom. The predicted molar refractivity (Wildman–Crippen MR) is 399 cm³/mol. The first-order chi connectivity index (χ1) is 46.4. The van der Waals surface area contributed by atoms with Gasteiger partial charge in [0.05, 0.1) is 40.5 Å². The Kier molecular flexibility index (Phi) is 51.4. The molecule has 11 atom stereocenters. The fourth-order valence-electron chi connectivity index (χ4n) is 16.4. The van der Waals surface area contributed by atoms with Crippen molar-refractivity contribution in [3.63, 3.8) is 0 Å². The maximum atomic E-state index is 12.0. The molecule has 4 aliphatic rings. The van der Waals surface area contributed by atoms with Crippen molar-refractivity contribution < 1.29 is 66.9 Å². The lowest BCUT2D eigenvalue weighted by atomic mass is 9.47. The largest absolute Gasteiger partial charge is 0.756 e. The van der Waals surface area contributed by atoms with Crippen molar-refractivity contribution in [1.82, 2.24) is 0 Å². The number of allylic oxidation sites excluding steroid dienone is 1. The number of rotatable bonds is 56. The molecule has 0 radical (unpaired) electrons. The third-order valence-corrected chi connectivity index (χ3v) is 23.5. The highest BCUT2D eigenvalue weighted by Gasteiger charge is 2.59. The topological polar surface area (TPSA) is 198 Å². The van der Waals surface area contributed by atoms with Gasteiger partial charge in [-0.3, -0.25) is 18.9 Å². The lowest BCUT2D eigenvalue weighted by Crippen LogP contribution is -2.50. The van der Waals surface area contributed by atoms with Crippen molar-refractivity contribution in [2.75, 3.05) is 60.7 Å². The van der Waals surface area contributed by atoms with Gasteiger partial charge in [-0.25, -0.2) is 0 Å². The predicted octanol–water partition coefficient (Wildman–Crippen LogP) is 20.8. The van der Waals surface area contributed by atoms with Crippen LogP contribution in [0.1, 0.15) is 370 Å². The number of phosphoric acid groups is 1. The number of esters is 3. The minimum Gasteiger partial charge on any atom is -0.756 e. The van der Waals surface area contributed by atoms with Crippen LogP contribution in [0.3, 0.4) is 0 Å². The molecule has 0 heterocycles. The first kappa shape index (κ1) is 91.2. The first-order valence-corrected chi connectivity index (χ1v) is 42.5. The van der Waals surface area contributed by atoms with E-state index in [0.717, 1.165) is 106 Å². The molecule has 1 unspecified atom stereocenters. The van der Waals surface area contributed by atoms with E-state index in [1.54, 1.807) is 5.57 Å². The summed E-state index contributed by atoms with van der Waals surface area (Å²) in [5.74, 6) is 4.48. The number of carbonyl (C=O) groups is 3. The fraction of sp³-hybridized carbons (Fsp3) is 0.939. The van der Waals surface area contributed by atoms with E-state index < -0.39 is 26.6 Å². The van der Waals surface area contributed by atoms with Gasteiger partial charge in [-0.2, -0.15) is 0 Å². The maximum absolute atomic E-state index is 12.0.